The quantitative estimate of drug-likeness (QED) is 0.135. The first kappa shape index (κ1) is 36.7. The Morgan fingerprint density at radius 1 is 0.771 bits per heavy atom. The molecule has 4 aromatic heterocycles. The van der Waals surface area contributed by atoms with Gasteiger partial charge in [0.25, 0.3) is 0 Å². The minimum absolute atomic E-state index is 0. The molecule has 0 amide bonds. The van der Waals surface area contributed by atoms with E-state index in [9.17, 15) is 1.37 Å². The Kier molecular flexibility index (Phi) is 11.1. The van der Waals surface area contributed by atoms with Crippen LogP contribution in [-0.2, 0) is 31.9 Å². The number of aromatic nitrogens is 3. The van der Waals surface area contributed by atoms with Gasteiger partial charge in [-0.3, -0.25) is 0 Å². The minimum Gasteiger partial charge on any atom is -0.486 e. The van der Waals surface area contributed by atoms with Crippen LogP contribution in [0.2, 0.25) is 0 Å². The molecule has 367 valence electrons. The molecule has 1 radical (unpaired) electrons. The average molecular weight is 1120 g/mol. The molecule has 0 unspecified atom stereocenters. The molecule has 0 N–H and O–H groups in total. The van der Waals surface area contributed by atoms with Crippen molar-refractivity contribution in [3.8, 4) is 33.6 Å². The van der Waals surface area contributed by atoms with Gasteiger partial charge in [0.1, 0.15) is 0 Å². The summed E-state index contributed by atoms with van der Waals surface area (Å²) in [4.78, 5) is 13.3. The van der Waals surface area contributed by atoms with Crippen LogP contribution in [0.1, 0.15) is 206 Å². The summed E-state index contributed by atoms with van der Waals surface area (Å²) in [7, 11) is 0. The second-order valence-electron chi connectivity index (χ2n) is 21.6. The molecule has 8 aromatic rings. The summed E-state index contributed by atoms with van der Waals surface area (Å²) in [6.07, 6.45) is 5.60. The van der Waals surface area contributed by atoms with Crippen molar-refractivity contribution in [3.05, 3.63) is 171 Å². The van der Waals surface area contributed by atoms with Crippen molar-refractivity contribution < 1.29 is 43.7 Å². The molecule has 9 rings (SSSR count). The van der Waals surface area contributed by atoms with E-state index in [0.717, 1.165) is 35.2 Å². The molecule has 0 bridgehead atoms. The molecule has 0 atom stereocenters. The van der Waals surface area contributed by atoms with Crippen LogP contribution in [0.25, 0.3) is 55.7 Å². The molecule has 0 aliphatic heterocycles. The van der Waals surface area contributed by atoms with E-state index < -0.39 is 33.3 Å². The molecular weight excluding hydrogens is 1030 g/mol. The van der Waals surface area contributed by atoms with E-state index in [1.54, 1.807) is 36.4 Å². The predicted molar refractivity (Wildman–Crippen MR) is 292 cm³/mol. The number of fused-ring (bicyclic) bond motifs is 3. The first-order valence-corrected chi connectivity index (χ1v) is 24.4. The number of furan rings is 1. The zero-order valence-corrected chi connectivity index (χ0v) is 44.9. The second-order valence-corrected chi connectivity index (χ2v) is 21.6. The number of benzene rings is 4. The molecule has 5 heteroatoms. The molecule has 70 heavy (non-hydrogen) atoms. The van der Waals surface area contributed by atoms with Gasteiger partial charge in [-0.05, 0) is 172 Å². The zero-order valence-electron chi connectivity index (χ0n) is 56.5. The van der Waals surface area contributed by atoms with Gasteiger partial charge in [-0.1, -0.05) is 142 Å². The summed E-state index contributed by atoms with van der Waals surface area (Å²) >= 11 is 0. The average Bonchev–Trinajstić information content (AvgIpc) is 1.40. The van der Waals surface area contributed by atoms with Gasteiger partial charge in [0.05, 0.1) is 6.95 Å². The summed E-state index contributed by atoms with van der Waals surface area (Å²) < 4.78 is 122. The van der Waals surface area contributed by atoms with E-state index in [4.69, 9.17) is 22.2 Å². The van der Waals surface area contributed by atoms with Gasteiger partial charge in [0.2, 0.25) is 5.71 Å². The van der Waals surface area contributed by atoms with Gasteiger partial charge >= 0.3 is 0 Å². The third-order valence-electron chi connectivity index (χ3n) is 13.8. The van der Waals surface area contributed by atoms with Crippen LogP contribution in [-0.4, -0.2) is 15.0 Å². The zero-order chi connectivity index (χ0) is 61.3. The second kappa shape index (κ2) is 21.2. The van der Waals surface area contributed by atoms with Crippen LogP contribution >= 0.6 is 0 Å². The third-order valence-corrected chi connectivity index (χ3v) is 13.8. The molecule has 1 saturated carbocycles. The van der Waals surface area contributed by atoms with Crippen molar-refractivity contribution in [1.82, 2.24) is 15.0 Å². The molecule has 4 aromatic carbocycles. The Balaban J connectivity index is 0.000000251. The monoisotopic (exact) mass is 1120 g/mol. The smallest absolute Gasteiger partial charge is 0.216 e. The van der Waals surface area contributed by atoms with Crippen molar-refractivity contribution in [2.45, 2.75) is 165 Å². The molecule has 1 aliphatic carbocycles. The molecule has 0 saturated heterocycles. The Morgan fingerprint density at radius 3 is 2.16 bits per heavy atom. The van der Waals surface area contributed by atoms with Gasteiger partial charge in [0, 0.05) is 61.4 Å². The first-order valence-electron chi connectivity index (χ1n) is 31.4. The molecule has 0 spiro atoms. The number of pyridine rings is 3. The number of hydrogen-bond donors (Lipinski definition) is 0. The predicted octanol–water partition coefficient (Wildman–Crippen LogP) is 18.2. The summed E-state index contributed by atoms with van der Waals surface area (Å²) in [5, 5.41) is 1.22. The van der Waals surface area contributed by atoms with Crippen LogP contribution in [0.3, 0.4) is 0 Å². The Morgan fingerprint density at radius 2 is 1.50 bits per heavy atom. The number of hydrogen-bond acceptors (Lipinski definition) is 4. The molecule has 1 aliphatic rings. The standard InChI is InChI=1S/C34H35N2O.C31H40N.Ir/c1-21-17-26(24-13-15-34(4,5)16-14-24)11-10-25(21)18-27-19-31(35-20-22(27)2)30-8-6-7-28-29-12-9-23(3)36-33(29)37-32(28)30;1-19(2)24-16-26(20(3)4)30(27(17-24)21(5)6)28-15-23(12-11-22(28)7)29-18-25(13-14-32-29)31(8,9)10;/h6-7,9-12,17,19-20,24H,13-16,18H2,1-5H3;11,13-21H,1-10H3;/q2*-1;/i1D3,2D3,3D3,10D,24D;7D3;. The van der Waals surface area contributed by atoms with Crippen molar-refractivity contribution in [2.75, 3.05) is 0 Å². The van der Waals surface area contributed by atoms with Crippen LogP contribution in [0.4, 0.5) is 0 Å². The summed E-state index contributed by atoms with van der Waals surface area (Å²) in [5.41, 5.74) is 10.5. The fourth-order valence-electron chi connectivity index (χ4n) is 9.33. The van der Waals surface area contributed by atoms with Crippen molar-refractivity contribution in [2.24, 2.45) is 5.41 Å². The normalized spacial score (nSPS) is 18.2. The molecule has 4 nitrogen and oxygen atoms in total. The maximum atomic E-state index is 9.22. The fraction of sp³-hybridized carbons (Fsp3) is 0.400. The summed E-state index contributed by atoms with van der Waals surface area (Å²) in [6.45, 7) is 14.1. The van der Waals surface area contributed by atoms with E-state index in [0.29, 0.717) is 57.5 Å². The van der Waals surface area contributed by atoms with Crippen molar-refractivity contribution in [1.29, 1.82) is 0 Å². The van der Waals surface area contributed by atoms with Crippen LogP contribution < -0.4 is 0 Å². The van der Waals surface area contributed by atoms with Crippen molar-refractivity contribution in [3.63, 3.8) is 0 Å². The first-order chi connectivity index (χ1) is 38.3. The third kappa shape index (κ3) is 11.4. The molecule has 4 heterocycles. The van der Waals surface area contributed by atoms with E-state index in [1.165, 1.54) is 40.6 Å². The van der Waals surface area contributed by atoms with Crippen LogP contribution in [0.15, 0.2) is 102 Å². The Hall–Kier alpha value is -5.22. The van der Waals surface area contributed by atoms with E-state index >= 15 is 0 Å². The maximum absolute atomic E-state index is 9.22. The van der Waals surface area contributed by atoms with E-state index in [1.807, 2.05) is 18.3 Å². The summed E-state index contributed by atoms with van der Waals surface area (Å²) in [6, 6.07) is 29.7. The largest absolute Gasteiger partial charge is 0.486 e. The fourth-order valence-corrected chi connectivity index (χ4v) is 9.33. The van der Waals surface area contributed by atoms with E-state index in [-0.39, 0.29) is 88.9 Å². The van der Waals surface area contributed by atoms with Gasteiger partial charge in [-0.15, -0.1) is 47.5 Å². The van der Waals surface area contributed by atoms with Crippen LogP contribution in [0.5, 0.6) is 0 Å². The number of aryl methyl sites for hydroxylation is 4. The maximum Gasteiger partial charge on any atom is 0.216 e. The molecular formula is C65H75IrN3O-2. The van der Waals surface area contributed by atoms with Gasteiger partial charge in [-0.25, -0.2) is 4.98 Å². The van der Waals surface area contributed by atoms with E-state index in [2.05, 4.69) is 121 Å². The number of nitrogens with zero attached hydrogens (tertiary/aromatic N) is 3. The molecule has 1 fully saturated rings. The minimum atomic E-state index is -2.62. The van der Waals surface area contributed by atoms with Crippen molar-refractivity contribution >= 4 is 22.1 Å². The summed E-state index contributed by atoms with van der Waals surface area (Å²) in [5.74, 6) is -0.121. The van der Waals surface area contributed by atoms with Gasteiger partial charge in [-0.2, -0.15) is 0 Å². The Labute approximate surface area is 453 Å². The SMILES string of the molecule is [2H]C([2H])([2H])c1c[c-]c(-c2cc(C(C)(C)C)ccn2)cc1-c1c(C(C)C)cc(C(C)C)cc1C(C)C.[2H]c1cc(C2([2H])CCC(C)(C)CC2)cc(C([2H])([2H])[2H])c1Cc1cc(-c2[c-]ccc3c2oc2nc(C([2H])([2H])[2H])ccc23)ncc1C([2H])([2H])[2H].[Ir]. The number of rotatable bonds is 9. The van der Waals surface area contributed by atoms with Gasteiger partial charge < -0.3 is 14.4 Å². The van der Waals surface area contributed by atoms with Gasteiger partial charge in [0.15, 0.2) is 0 Å². The van der Waals surface area contributed by atoms with Crippen LogP contribution in [0, 0.1) is 45.0 Å². The topological polar surface area (TPSA) is 51.8 Å². The Bertz CT molecular complexity index is 3670.